The number of rotatable bonds is 10. The molecule has 1 aromatic carbocycles. The number of hydrogen-bond acceptors (Lipinski definition) is 2. The molecule has 1 rings (SSSR count). The molecule has 0 bridgehead atoms. The third-order valence-electron chi connectivity index (χ3n) is 4.65. The van der Waals surface area contributed by atoms with Crippen LogP contribution in [0.4, 0.5) is 5.69 Å². The van der Waals surface area contributed by atoms with E-state index in [9.17, 15) is 0 Å². The van der Waals surface area contributed by atoms with Crippen molar-refractivity contribution in [2.45, 2.75) is 79.6 Å². The van der Waals surface area contributed by atoms with E-state index in [1.807, 2.05) is 0 Å². The summed E-state index contributed by atoms with van der Waals surface area (Å²) in [5.74, 6) is 0.738. The van der Waals surface area contributed by atoms with Crippen LogP contribution in [0, 0.1) is 6.92 Å². The zero-order valence-electron chi connectivity index (χ0n) is 16.5. The molecule has 1 aromatic rings. The number of nitrogen functional groups attached to an aromatic ring is 1. The van der Waals surface area contributed by atoms with Crippen molar-refractivity contribution < 1.29 is 4.29 Å². The zero-order chi connectivity index (χ0) is 18.8. The van der Waals surface area contributed by atoms with E-state index in [0.29, 0.717) is 0 Å². The monoisotopic (exact) mass is 363 g/mol. The summed E-state index contributed by atoms with van der Waals surface area (Å²) in [7, 11) is 0. The van der Waals surface area contributed by atoms with Gasteiger partial charge in [0.25, 0.3) is 0 Å². The summed E-state index contributed by atoms with van der Waals surface area (Å²) in [6.07, 6.45) is 12.0. The van der Waals surface area contributed by atoms with Gasteiger partial charge in [0.15, 0.2) is 5.75 Å². The van der Waals surface area contributed by atoms with E-state index in [1.165, 1.54) is 36.0 Å². The highest BCUT2D eigenvalue weighted by Gasteiger charge is 2.15. The molecule has 0 saturated carbocycles. The molecule has 3 heteroatoms. The van der Waals surface area contributed by atoms with Crippen molar-refractivity contribution in [2.24, 2.45) is 0 Å². The van der Waals surface area contributed by atoms with Crippen molar-refractivity contribution >= 4 is 17.6 Å². The number of benzene rings is 1. The minimum atomic E-state index is 0.738. The van der Waals surface area contributed by atoms with Gasteiger partial charge in [-0.15, -0.1) is 0 Å². The van der Waals surface area contributed by atoms with Gasteiger partial charge in [-0.2, -0.15) is 0 Å². The highest BCUT2D eigenvalue weighted by Crippen LogP contribution is 2.34. The number of unbranched alkanes of at least 4 members (excludes halogenated alkanes) is 2. The zero-order valence-corrected chi connectivity index (χ0v) is 17.3. The van der Waals surface area contributed by atoms with Crippen molar-refractivity contribution in [3.63, 3.8) is 0 Å². The molecular formula is C22H34ClNO. The number of allylic oxidation sites excluding steroid dienone is 4. The van der Waals surface area contributed by atoms with Crippen LogP contribution in [0.5, 0.6) is 5.75 Å². The molecule has 140 valence electrons. The van der Waals surface area contributed by atoms with Gasteiger partial charge in [-0.3, -0.25) is 0 Å². The predicted octanol–water partition coefficient (Wildman–Crippen LogP) is 7.08. The summed E-state index contributed by atoms with van der Waals surface area (Å²) in [4.78, 5) is 0. The van der Waals surface area contributed by atoms with Crippen molar-refractivity contribution in [2.75, 3.05) is 5.73 Å². The lowest BCUT2D eigenvalue weighted by Gasteiger charge is -2.16. The molecule has 2 nitrogen and oxygen atoms in total. The van der Waals surface area contributed by atoms with E-state index in [-0.39, 0.29) is 0 Å². The Morgan fingerprint density at radius 1 is 1.20 bits per heavy atom. The number of halogens is 1. The molecule has 0 radical (unpaired) electrons. The largest absolute Gasteiger partial charge is 0.398 e. The lowest BCUT2D eigenvalue weighted by molar-refractivity contribution is 0.602. The lowest BCUT2D eigenvalue weighted by Crippen LogP contribution is -2.02. The lowest BCUT2D eigenvalue weighted by atomic mass is 9.95. The Morgan fingerprint density at radius 2 is 1.92 bits per heavy atom. The number of anilines is 1. The normalized spacial score (nSPS) is 11.5. The quantitative estimate of drug-likeness (QED) is 0.274. The fraction of sp³-hybridized carbons (Fsp3) is 0.545. The molecule has 0 amide bonds. The Labute approximate surface area is 159 Å². The van der Waals surface area contributed by atoms with Crippen LogP contribution in [-0.4, -0.2) is 0 Å². The molecule has 0 atom stereocenters. The molecule has 2 N–H and O–H groups in total. The van der Waals surface area contributed by atoms with Crippen LogP contribution in [0.3, 0.4) is 0 Å². The van der Waals surface area contributed by atoms with Crippen molar-refractivity contribution in [1.82, 2.24) is 0 Å². The molecule has 0 spiro atoms. The third-order valence-corrected chi connectivity index (χ3v) is 4.80. The van der Waals surface area contributed by atoms with Gasteiger partial charge in [-0.25, -0.2) is 0 Å². The molecule has 0 saturated heterocycles. The standard InChI is InChI=1S/C22H34ClNO/c1-6-7-8-12-19-15-21(24)20(22(25-23)18(19)5)14-13-17(4)11-9-10-16(2)3/h10,13,15H,6-9,11-12,14,24H2,1-5H3/b17-13+. The Hall–Kier alpha value is -1.41. The second-order valence-electron chi connectivity index (χ2n) is 7.17. The smallest absolute Gasteiger partial charge is 0.155 e. The van der Waals surface area contributed by atoms with E-state index < -0.39 is 0 Å². The molecule has 0 aliphatic carbocycles. The van der Waals surface area contributed by atoms with Gasteiger partial charge in [-0.05, 0) is 77.0 Å². The van der Waals surface area contributed by atoms with Crippen molar-refractivity contribution in [3.05, 3.63) is 46.1 Å². The van der Waals surface area contributed by atoms with Crippen molar-refractivity contribution in [3.8, 4) is 5.75 Å². The highest BCUT2D eigenvalue weighted by molar-refractivity contribution is 6.09. The number of hydrogen-bond donors (Lipinski definition) is 1. The Balaban J connectivity index is 2.92. The van der Waals surface area contributed by atoms with E-state index in [1.54, 1.807) is 0 Å². The van der Waals surface area contributed by atoms with Gasteiger partial charge in [0.05, 0.1) is 0 Å². The van der Waals surface area contributed by atoms with Gasteiger partial charge in [0.2, 0.25) is 0 Å². The van der Waals surface area contributed by atoms with Crippen LogP contribution >= 0.6 is 11.9 Å². The van der Waals surface area contributed by atoms with Crippen LogP contribution in [0.15, 0.2) is 29.4 Å². The summed E-state index contributed by atoms with van der Waals surface area (Å²) >= 11 is 5.79. The predicted molar refractivity (Wildman–Crippen MR) is 111 cm³/mol. The summed E-state index contributed by atoms with van der Waals surface area (Å²) in [5, 5.41) is 0. The number of nitrogens with two attached hydrogens (primary N) is 1. The summed E-state index contributed by atoms with van der Waals surface area (Å²) in [5.41, 5.74) is 13.2. The molecule has 0 aromatic heterocycles. The summed E-state index contributed by atoms with van der Waals surface area (Å²) in [6, 6.07) is 2.10. The van der Waals surface area contributed by atoms with E-state index in [2.05, 4.69) is 52.8 Å². The highest BCUT2D eigenvalue weighted by atomic mass is 35.5. The summed E-state index contributed by atoms with van der Waals surface area (Å²) in [6.45, 7) is 10.7. The molecule has 0 aliphatic heterocycles. The maximum absolute atomic E-state index is 6.32. The molecule has 0 heterocycles. The van der Waals surface area contributed by atoms with Crippen LogP contribution in [-0.2, 0) is 12.8 Å². The summed E-state index contributed by atoms with van der Waals surface area (Å²) < 4.78 is 5.20. The first-order valence-electron chi connectivity index (χ1n) is 9.39. The molecule has 25 heavy (non-hydrogen) atoms. The van der Waals surface area contributed by atoms with Gasteiger partial charge in [0.1, 0.15) is 11.9 Å². The Kier molecular flexibility index (Phi) is 9.74. The second-order valence-corrected chi connectivity index (χ2v) is 7.32. The van der Waals surface area contributed by atoms with Crippen LogP contribution in [0.25, 0.3) is 0 Å². The second kappa shape index (κ2) is 11.3. The van der Waals surface area contributed by atoms with E-state index >= 15 is 0 Å². The minimum absolute atomic E-state index is 0.738. The van der Waals surface area contributed by atoms with Crippen LogP contribution in [0.1, 0.15) is 76.5 Å². The Bertz CT molecular complexity index is 613. The first kappa shape index (κ1) is 21.6. The molecule has 0 aliphatic rings. The fourth-order valence-corrected chi connectivity index (χ4v) is 3.20. The van der Waals surface area contributed by atoms with Crippen LogP contribution in [0.2, 0.25) is 0 Å². The topological polar surface area (TPSA) is 35.2 Å². The van der Waals surface area contributed by atoms with E-state index in [4.69, 9.17) is 21.9 Å². The fourth-order valence-electron chi connectivity index (χ4n) is 2.99. The SMILES string of the molecule is CCCCCc1cc(N)c(C/C=C(\C)CCC=C(C)C)c(OCl)c1C. The molecule has 0 unspecified atom stereocenters. The van der Waals surface area contributed by atoms with Crippen molar-refractivity contribution in [1.29, 1.82) is 0 Å². The molecular weight excluding hydrogens is 330 g/mol. The molecule has 0 fully saturated rings. The van der Waals surface area contributed by atoms with E-state index in [0.717, 1.165) is 48.2 Å². The van der Waals surface area contributed by atoms with Gasteiger partial charge in [-0.1, -0.05) is 43.1 Å². The average molecular weight is 364 g/mol. The first-order chi connectivity index (χ1) is 11.9. The van der Waals surface area contributed by atoms with Crippen LogP contribution < -0.4 is 10.0 Å². The maximum atomic E-state index is 6.32. The van der Waals surface area contributed by atoms with Gasteiger partial charge >= 0.3 is 0 Å². The maximum Gasteiger partial charge on any atom is 0.155 e. The average Bonchev–Trinajstić information content (AvgIpc) is 2.56. The van der Waals surface area contributed by atoms with Gasteiger partial charge < -0.3 is 10.0 Å². The minimum Gasteiger partial charge on any atom is -0.398 e. The van der Waals surface area contributed by atoms with Gasteiger partial charge in [0, 0.05) is 11.3 Å². The third kappa shape index (κ3) is 7.15. The number of aryl methyl sites for hydroxylation is 1. The Morgan fingerprint density at radius 3 is 2.52 bits per heavy atom. The first-order valence-corrected chi connectivity index (χ1v) is 9.69.